The van der Waals surface area contributed by atoms with Crippen LogP contribution in [0.25, 0.3) is 0 Å². The van der Waals surface area contributed by atoms with Gasteiger partial charge in [0.05, 0.1) is 12.2 Å². The summed E-state index contributed by atoms with van der Waals surface area (Å²) in [5.41, 5.74) is 3.87. The Morgan fingerprint density at radius 1 is 1.12 bits per heavy atom. The molecule has 0 saturated carbocycles. The number of halogens is 1. The lowest BCUT2D eigenvalue weighted by Crippen LogP contribution is -2.47. The van der Waals surface area contributed by atoms with Crippen molar-refractivity contribution in [2.75, 3.05) is 12.0 Å². The number of thioether (sulfide) groups is 1. The highest BCUT2D eigenvalue weighted by Gasteiger charge is 2.22. The molecule has 0 fully saturated rings. The molecular weight excluding hydrogens is 416 g/mol. The van der Waals surface area contributed by atoms with E-state index in [2.05, 4.69) is 26.7 Å². The van der Waals surface area contributed by atoms with Crippen LogP contribution in [0.15, 0.2) is 59.1 Å². The Morgan fingerprint density at radius 2 is 1.81 bits per heavy atom. The number of carbonyl (C=O) groups is 2. The van der Waals surface area contributed by atoms with Crippen molar-refractivity contribution in [1.82, 2.24) is 10.8 Å². The first kappa shape index (κ1) is 20.5. The number of hydrogen-bond acceptors (Lipinski definition) is 4. The molecule has 0 aliphatic heterocycles. The summed E-state index contributed by atoms with van der Waals surface area (Å²) in [7, 11) is 0. The third-order valence-corrected chi connectivity index (χ3v) is 4.94. The lowest BCUT2D eigenvalue weighted by atomic mass is 10.1. The quantitative estimate of drug-likeness (QED) is 0.589. The first-order valence-electron chi connectivity index (χ1n) is 8.11. The van der Waals surface area contributed by atoms with Gasteiger partial charge in [-0.15, -0.1) is 0 Å². The molecule has 0 aromatic heterocycles. The van der Waals surface area contributed by atoms with Crippen molar-refractivity contribution in [3.8, 4) is 0 Å². The minimum absolute atomic E-state index is 0.264. The predicted octanol–water partition coefficient (Wildman–Crippen LogP) is 3.55. The molecule has 0 heterocycles. The maximum atomic E-state index is 12.5. The van der Waals surface area contributed by atoms with Gasteiger partial charge in [0.15, 0.2) is 0 Å². The second-order valence-corrected chi connectivity index (χ2v) is 7.37. The Morgan fingerprint density at radius 3 is 2.50 bits per heavy atom. The van der Waals surface area contributed by atoms with Gasteiger partial charge in [-0.3, -0.25) is 14.4 Å². The molecule has 138 valence electrons. The maximum Gasteiger partial charge on any atom is 0.266 e. The van der Waals surface area contributed by atoms with Crippen LogP contribution in [0.3, 0.4) is 0 Å². The topological polar surface area (TPSA) is 67.4 Å². The van der Waals surface area contributed by atoms with Crippen molar-refractivity contribution in [3.63, 3.8) is 0 Å². The number of hydrogen-bond donors (Lipinski definition) is 2. The van der Waals surface area contributed by atoms with Gasteiger partial charge in [-0.05, 0) is 52.1 Å². The van der Waals surface area contributed by atoms with Crippen molar-refractivity contribution in [3.05, 3.63) is 70.2 Å². The van der Waals surface area contributed by atoms with Crippen LogP contribution in [0.1, 0.15) is 22.3 Å². The van der Waals surface area contributed by atoms with E-state index in [1.165, 1.54) is 0 Å². The Labute approximate surface area is 166 Å². The number of carbonyl (C=O) groups excluding carboxylic acids is 2. The lowest BCUT2D eigenvalue weighted by molar-refractivity contribution is -0.136. The van der Waals surface area contributed by atoms with E-state index in [9.17, 15) is 9.59 Å². The molecule has 0 radical (unpaired) electrons. The largest absolute Gasteiger partial charge is 0.340 e. The van der Waals surface area contributed by atoms with Crippen LogP contribution in [0.5, 0.6) is 0 Å². The van der Waals surface area contributed by atoms with E-state index >= 15 is 0 Å². The van der Waals surface area contributed by atoms with Crippen LogP contribution in [-0.4, -0.2) is 29.9 Å². The van der Waals surface area contributed by atoms with E-state index in [1.54, 1.807) is 30.0 Å². The first-order valence-corrected chi connectivity index (χ1v) is 10.3. The summed E-state index contributed by atoms with van der Waals surface area (Å²) < 4.78 is 0.682. The van der Waals surface area contributed by atoms with Gasteiger partial charge < -0.3 is 5.32 Å². The first-order chi connectivity index (χ1) is 12.6. The molecule has 0 spiro atoms. The van der Waals surface area contributed by atoms with Gasteiger partial charge in [0, 0.05) is 4.47 Å². The predicted molar refractivity (Wildman–Crippen MR) is 108 cm³/mol. The average molecular weight is 437 g/mol. The fourth-order valence-corrected chi connectivity index (χ4v) is 3.16. The molecule has 0 aliphatic rings. The molecule has 2 aromatic rings. The summed E-state index contributed by atoms with van der Waals surface area (Å²) in [6, 6.07) is 16.0. The Kier molecular flexibility index (Phi) is 8.67. The Hall–Kier alpha value is -1.83. The second kappa shape index (κ2) is 11.0. The van der Waals surface area contributed by atoms with Gasteiger partial charge in [-0.25, -0.2) is 5.48 Å². The van der Waals surface area contributed by atoms with Gasteiger partial charge in [0.1, 0.15) is 6.04 Å². The molecule has 0 bridgehead atoms. The number of benzene rings is 2. The zero-order valence-corrected chi connectivity index (χ0v) is 16.8. The zero-order chi connectivity index (χ0) is 18.8. The second-order valence-electron chi connectivity index (χ2n) is 5.53. The molecule has 2 amide bonds. The SMILES string of the molecule is CSCCC(NC(=O)c1ccccc1Br)C(=O)NOCc1ccccc1. The fourth-order valence-electron chi connectivity index (χ4n) is 2.22. The van der Waals surface area contributed by atoms with Gasteiger partial charge in [-0.1, -0.05) is 42.5 Å². The van der Waals surface area contributed by atoms with Crippen LogP contribution >= 0.6 is 27.7 Å². The highest BCUT2D eigenvalue weighted by molar-refractivity contribution is 9.10. The number of nitrogens with one attached hydrogen (secondary N) is 2. The lowest BCUT2D eigenvalue weighted by Gasteiger charge is -2.18. The normalized spacial score (nSPS) is 11.6. The van der Waals surface area contributed by atoms with Crippen LogP contribution in [-0.2, 0) is 16.2 Å². The van der Waals surface area contributed by atoms with E-state index in [4.69, 9.17) is 4.84 Å². The monoisotopic (exact) mass is 436 g/mol. The van der Waals surface area contributed by atoms with Crippen LogP contribution in [0.2, 0.25) is 0 Å². The smallest absolute Gasteiger partial charge is 0.266 e. The molecule has 2 aromatic carbocycles. The molecule has 2 rings (SSSR count). The Balaban J connectivity index is 1.93. The molecule has 26 heavy (non-hydrogen) atoms. The van der Waals surface area contributed by atoms with Gasteiger partial charge in [0.25, 0.3) is 11.8 Å². The highest BCUT2D eigenvalue weighted by Crippen LogP contribution is 2.16. The molecule has 2 N–H and O–H groups in total. The summed E-state index contributed by atoms with van der Waals surface area (Å²) in [5, 5.41) is 2.78. The number of amides is 2. The molecule has 1 unspecified atom stereocenters. The summed E-state index contributed by atoms with van der Waals surface area (Å²) in [6.07, 6.45) is 2.47. The summed E-state index contributed by atoms with van der Waals surface area (Å²) in [4.78, 5) is 30.2. The average Bonchev–Trinajstić information content (AvgIpc) is 2.66. The van der Waals surface area contributed by atoms with E-state index in [-0.39, 0.29) is 18.4 Å². The number of hydroxylamine groups is 1. The van der Waals surface area contributed by atoms with Crippen molar-refractivity contribution in [2.45, 2.75) is 19.1 Å². The molecule has 5 nitrogen and oxygen atoms in total. The van der Waals surface area contributed by atoms with E-state index in [1.807, 2.05) is 42.7 Å². The molecule has 0 aliphatic carbocycles. The fraction of sp³-hybridized carbons (Fsp3) is 0.263. The standard InChI is InChI=1S/C19H21BrN2O3S/c1-26-12-11-17(21-18(23)15-9-5-6-10-16(15)20)19(24)22-25-13-14-7-3-2-4-8-14/h2-10,17H,11-13H2,1H3,(H,21,23)(H,22,24). The van der Waals surface area contributed by atoms with Crippen LogP contribution < -0.4 is 10.8 Å². The van der Waals surface area contributed by atoms with Gasteiger partial charge in [0.2, 0.25) is 0 Å². The maximum absolute atomic E-state index is 12.5. The van der Waals surface area contributed by atoms with E-state index in [0.29, 0.717) is 16.5 Å². The number of rotatable bonds is 9. The third kappa shape index (κ3) is 6.48. The van der Waals surface area contributed by atoms with Gasteiger partial charge >= 0.3 is 0 Å². The van der Waals surface area contributed by atoms with Crippen molar-refractivity contribution in [2.24, 2.45) is 0 Å². The minimum Gasteiger partial charge on any atom is -0.340 e. The summed E-state index contributed by atoms with van der Waals surface area (Å²) >= 11 is 4.97. The molecule has 0 saturated heterocycles. The van der Waals surface area contributed by atoms with Gasteiger partial charge in [-0.2, -0.15) is 11.8 Å². The van der Waals surface area contributed by atoms with Crippen LogP contribution in [0, 0.1) is 0 Å². The summed E-state index contributed by atoms with van der Waals surface area (Å²) in [5.74, 6) is 0.0738. The Bertz CT molecular complexity index is 728. The molecule has 7 heteroatoms. The van der Waals surface area contributed by atoms with E-state index in [0.717, 1.165) is 11.3 Å². The minimum atomic E-state index is -0.669. The molecule has 1 atom stereocenters. The third-order valence-electron chi connectivity index (χ3n) is 3.61. The van der Waals surface area contributed by atoms with Crippen LogP contribution in [0.4, 0.5) is 0 Å². The van der Waals surface area contributed by atoms with E-state index < -0.39 is 6.04 Å². The summed E-state index contributed by atoms with van der Waals surface area (Å²) in [6.45, 7) is 0.264. The molecular formula is C19H21BrN2O3S. The zero-order valence-electron chi connectivity index (χ0n) is 14.4. The van der Waals surface area contributed by atoms with Crippen molar-refractivity contribution < 1.29 is 14.4 Å². The van der Waals surface area contributed by atoms with Crippen molar-refractivity contribution >= 4 is 39.5 Å². The highest BCUT2D eigenvalue weighted by atomic mass is 79.9. The van der Waals surface area contributed by atoms with Crippen molar-refractivity contribution in [1.29, 1.82) is 0 Å².